The van der Waals surface area contributed by atoms with Crippen molar-refractivity contribution in [1.82, 2.24) is 9.80 Å². The number of nitrogens with zero attached hydrogens (tertiary/aromatic N) is 3. The topological polar surface area (TPSA) is 65.1 Å². The van der Waals surface area contributed by atoms with Gasteiger partial charge < -0.3 is 24.8 Å². The highest BCUT2D eigenvalue weighted by Crippen LogP contribution is 2.28. The van der Waals surface area contributed by atoms with E-state index in [2.05, 4.69) is 16.3 Å². The summed E-state index contributed by atoms with van der Waals surface area (Å²) in [4.78, 5) is 30.2. The number of piperidine rings is 1. The van der Waals surface area contributed by atoms with Crippen LogP contribution in [0, 0.1) is 0 Å². The molecule has 3 amide bonds. The molecule has 1 N–H and O–H groups in total. The van der Waals surface area contributed by atoms with Gasteiger partial charge in [-0.15, -0.1) is 0 Å². The van der Waals surface area contributed by atoms with E-state index in [9.17, 15) is 9.59 Å². The average Bonchev–Trinajstić information content (AvgIpc) is 2.69. The summed E-state index contributed by atoms with van der Waals surface area (Å²) in [6.45, 7) is 6.25. The van der Waals surface area contributed by atoms with Crippen molar-refractivity contribution >= 4 is 23.5 Å². The normalized spacial score (nSPS) is 17.8. The van der Waals surface area contributed by atoms with Crippen molar-refractivity contribution in [3.63, 3.8) is 0 Å². The number of piperazine rings is 1. The fourth-order valence-electron chi connectivity index (χ4n) is 3.49. The van der Waals surface area contributed by atoms with E-state index >= 15 is 0 Å². The standard InChI is InChI=1S/C19H28N4O3/c1-2-26-19(25)23-14-12-22(13-15-23)18(24)20-16-8-4-5-9-17(16)21-10-6-3-7-11-21/h4-5,8-9H,2-3,6-7,10-15H2,1H3,(H,20,24). The molecule has 2 aliphatic heterocycles. The zero-order valence-electron chi connectivity index (χ0n) is 15.4. The molecule has 7 heteroatoms. The molecule has 0 saturated carbocycles. The summed E-state index contributed by atoms with van der Waals surface area (Å²) in [7, 11) is 0. The van der Waals surface area contributed by atoms with Crippen molar-refractivity contribution in [2.45, 2.75) is 26.2 Å². The van der Waals surface area contributed by atoms with Crippen LogP contribution in [0.5, 0.6) is 0 Å². The van der Waals surface area contributed by atoms with E-state index < -0.39 is 0 Å². The number of hydrogen-bond acceptors (Lipinski definition) is 4. The van der Waals surface area contributed by atoms with E-state index in [-0.39, 0.29) is 12.1 Å². The van der Waals surface area contributed by atoms with Gasteiger partial charge >= 0.3 is 12.1 Å². The molecule has 0 aromatic heterocycles. The van der Waals surface area contributed by atoms with Gasteiger partial charge in [-0.2, -0.15) is 0 Å². The van der Waals surface area contributed by atoms with Crippen LogP contribution in [0.15, 0.2) is 24.3 Å². The highest BCUT2D eigenvalue weighted by atomic mass is 16.6. The smallest absolute Gasteiger partial charge is 0.409 e. The predicted octanol–water partition coefficient (Wildman–Crippen LogP) is 2.98. The minimum atomic E-state index is -0.303. The molecule has 0 atom stereocenters. The lowest BCUT2D eigenvalue weighted by Crippen LogP contribution is -2.51. The quantitative estimate of drug-likeness (QED) is 0.900. The summed E-state index contributed by atoms with van der Waals surface area (Å²) >= 11 is 0. The van der Waals surface area contributed by atoms with Gasteiger partial charge in [0.15, 0.2) is 0 Å². The molecule has 2 saturated heterocycles. The molecule has 26 heavy (non-hydrogen) atoms. The molecule has 0 unspecified atom stereocenters. The number of hydrogen-bond donors (Lipinski definition) is 1. The Morgan fingerprint density at radius 3 is 2.31 bits per heavy atom. The van der Waals surface area contributed by atoms with Crippen LogP contribution in [0.2, 0.25) is 0 Å². The van der Waals surface area contributed by atoms with Crippen molar-refractivity contribution in [2.75, 3.05) is 56.1 Å². The minimum Gasteiger partial charge on any atom is -0.450 e. The van der Waals surface area contributed by atoms with E-state index in [0.717, 1.165) is 24.5 Å². The van der Waals surface area contributed by atoms with Crippen molar-refractivity contribution < 1.29 is 14.3 Å². The summed E-state index contributed by atoms with van der Waals surface area (Å²) in [5.74, 6) is 0. The zero-order valence-corrected chi connectivity index (χ0v) is 15.4. The van der Waals surface area contributed by atoms with E-state index in [1.165, 1.54) is 19.3 Å². The Labute approximate surface area is 154 Å². The Balaban J connectivity index is 1.58. The van der Waals surface area contributed by atoms with Crippen LogP contribution in [-0.2, 0) is 4.74 Å². The van der Waals surface area contributed by atoms with Gasteiger partial charge in [0, 0.05) is 39.3 Å². The van der Waals surface area contributed by atoms with Gasteiger partial charge in [-0.05, 0) is 38.3 Å². The lowest BCUT2D eigenvalue weighted by atomic mass is 10.1. The number of ether oxygens (including phenoxy) is 1. The number of nitrogens with one attached hydrogen (secondary N) is 1. The van der Waals surface area contributed by atoms with Crippen molar-refractivity contribution in [3.8, 4) is 0 Å². The Bertz CT molecular complexity index is 623. The van der Waals surface area contributed by atoms with Crippen molar-refractivity contribution in [1.29, 1.82) is 0 Å². The first-order chi connectivity index (χ1) is 12.7. The van der Waals surface area contributed by atoms with Crippen LogP contribution in [0.4, 0.5) is 21.0 Å². The van der Waals surface area contributed by atoms with E-state index in [0.29, 0.717) is 32.8 Å². The number of rotatable bonds is 3. The van der Waals surface area contributed by atoms with Gasteiger partial charge in [-0.1, -0.05) is 12.1 Å². The molecule has 0 spiro atoms. The first kappa shape index (κ1) is 18.4. The van der Waals surface area contributed by atoms with Crippen molar-refractivity contribution in [3.05, 3.63) is 24.3 Å². The Kier molecular flexibility index (Phi) is 6.20. The number of benzene rings is 1. The van der Waals surface area contributed by atoms with Gasteiger partial charge in [0.05, 0.1) is 18.0 Å². The molecule has 1 aromatic rings. The van der Waals surface area contributed by atoms with Gasteiger partial charge in [-0.3, -0.25) is 0 Å². The Morgan fingerprint density at radius 1 is 0.962 bits per heavy atom. The minimum absolute atomic E-state index is 0.113. The Morgan fingerprint density at radius 2 is 1.62 bits per heavy atom. The Hall–Kier alpha value is -2.44. The maximum Gasteiger partial charge on any atom is 0.409 e. The van der Waals surface area contributed by atoms with E-state index in [1.54, 1.807) is 16.7 Å². The number of urea groups is 1. The molecule has 7 nitrogen and oxygen atoms in total. The van der Waals surface area contributed by atoms with Crippen molar-refractivity contribution in [2.24, 2.45) is 0 Å². The van der Waals surface area contributed by atoms with Crippen LogP contribution in [-0.4, -0.2) is 67.8 Å². The predicted molar refractivity (Wildman–Crippen MR) is 102 cm³/mol. The second kappa shape index (κ2) is 8.78. The number of carbonyl (C=O) groups is 2. The van der Waals surface area contributed by atoms with Gasteiger partial charge in [-0.25, -0.2) is 9.59 Å². The highest BCUT2D eigenvalue weighted by molar-refractivity contribution is 5.93. The van der Waals surface area contributed by atoms with Gasteiger partial charge in [0.25, 0.3) is 0 Å². The lowest BCUT2D eigenvalue weighted by molar-refractivity contribution is 0.0869. The molecular weight excluding hydrogens is 332 g/mol. The van der Waals surface area contributed by atoms with Crippen LogP contribution in [0.25, 0.3) is 0 Å². The first-order valence-corrected chi connectivity index (χ1v) is 9.50. The molecule has 0 aliphatic carbocycles. The molecule has 0 radical (unpaired) electrons. The first-order valence-electron chi connectivity index (χ1n) is 9.50. The molecule has 3 rings (SSSR count). The maximum absolute atomic E-state index is 12.7. The summed E-state index contributed by atoms with van der Waals surface area (Å²) in [5, 5.41) is 3.06. The molecule has 0 bridgehead atoms. The molecule has 142 valence electrons. The third-order valence-corrected chi connectivity index (χ3v) is 4.94. The monoisotopic (exact) mass is 360 g/mol. The number of para-hydroxylation sites is 2. The molecular formula is C19H28N4O3. The lowest BCUT2D eigenvalue weighted by Gasteiger charge is -2.35. The largest absolute Gasteiger partial charge is 0.450 e. The van der Waals surface area contributed by atoms with Crippen LogP contribution in [0.1, 0.15) is 26.2 Å². The average molecular weight is 360 g/mol. The molecule has 2 heterocycles. The number of amides is 3. The second-order valence-electron chi connectivity index (χ2n) is 6.67. The van der Waals surface area contributed by atoms with Gasteiger partial charge in [0.1, 0.15) is 0 Å². The summed E-state index contributed by atoms with van der Waals surface area (Å²) in [6.07, 6.45) is 3.36. The summed E-state index contributed by atoms with van der Waals surface area (Å²) in [5.41, 5.74) is 1.94. The van der Waals surface area contributed by atoms with E-state index in [1.807, 2.05) is 18.2 Å². The summed E-state index contributed by atoms with van der Waals surface area (Å²) in [6, 6.07) is 7.87. The number of carbonyl (C=O) groups excluding carboxylic acids is 2. The second-order valence-corrected chi connectivity index (χ2v) is 6.67. The molecule has 2 fully saturated rings. The zero-order chi connectivity index (χ0) is 18.4. The highest BCUT2D eigenvalue weighted by Gasteiger charge is 2.25. The summed E-state index contributed by atoms with van der Waals surface area (Å²) < 4.78 is 5.02. The molecule has 2 aliphatic rings. The van der Waals surface area contributed by atoms with E-state index in [4.69, 9.17) is 4.74 Å². The van der Waals surface area contributed by atoms with Crippen LogP contribution < -0.4 is 10.2 Å². The maximum atomic E-state index is 12.7. The third kappa shape index (κ3) is 4.39. The SMILES string of the molecule is CCOC(=O)N1CCN(C(=O)Nc2ccccc2N2CCCCC2)CC1. The van der Waals surface area contributed by atoms with Gasteiger partial charge in [0.2, 0.25) is 0 Å². The number of anilines is 2. The van der Waals surface area contributed by atoms with Crippen LogP contribution in [0.3, 0.4) is 0 Å². The fraction of sp³-hybridized carbons (Fsp3) is 0.579. The third-order valence-electron chi connectivity index (χ3n) is 4.94. The molecule has 1 aromatic carbocycles. The van der Waals surface area contributed by atoms with Crippen LogP contribution >= 0.6 is 0 Å². The fourth-order valence-corrected chi connectivity index (χ4v) is 3.49.